The first-order valence-electron chi connectivity index (χ1n) is 10.6. The summed E-state index contributed by atoms with van der Waals surface area (Å²) < 4.78 is 5.17. The number of anilines is 1. The van der Waals surface area contributed by atoms with Gasteiger partial charge in [-0.2, -0.15) is 15.0 Å². The fourth-order valence-electron chi connectivity index (χ4n) is 4.12. The molecule has 0 radical (unpaired) electrons. The summed E-state index contributed by atoms with van der Waals surface area (Å²) >= 11 is 0. The number of piperidine rings is 1. The maximum Gasteiger partial charge on any atom is 0.256 e. The lowest BCUT2D eigenvalue weighted by molar-refractivity contribution is 0.0539. The molecule has 0 bridgehead atoms. The van der Waals surface area contributed by atoms with Gasteiger partial charge in [0.25, 0.3) is 5.91 Å². The quantitative estimate of drug-likeness (QED) is 0.658. The normalized spacial score (nSPS) is 18.6. The van der Waals surface area contributed by atoms with Gasteiger partial charge in [-0.25, -0.2) is 4.98 Å². The van der Waals surface area contributed by atoms with Crippen molar-refractivity contribution in [1.82, 2.24) is 24.9 Å². The van der Waals surface area contributed by atoms with Crippen LogP contribution < -0.4 is 10.1 Å². The van der Waals surface area contributed by atoms with Crippen molar-refractivity contribution in [3.8, 4) is 11.4 Å². The average molecular weight is 421 g/mol. The molecule has 1 aliphatic heterocycles. The van der Waals surface area contributed by atoms with E-state index < -0.39 is 0 Å². The van der Waals surface area contributed by atoms with Gasteiger partial charge in [0.05, 0.1) is 43.0 Å². The highest BCUT2D eigenvalue weighted by Gasteiger charge is 2.33. The Morgan fingerprint density at radius 1 is 1.23 bits per heavy atom. The highest BCUT2D eigenvalue weighted by molar-refractivity contribution is 5.98. The predicted molar refractivity (Wildman–Crippen MR) is 119 cm³/mol. The zero-order chi connectivity index (χ0) is 21.8. The molecular formula is C23H28N6O2. The van der Waals surface area contributed by atoms with Crippen molar-refractivity contribution < 1.29 is 9.53 Å². The van der Waals surface area contributed by atoms with Crippen molar-refractivity contribution in [1.29, 1.82) is 0 Å². The van der Waals surface area contributed by atoms with E-state index in [9.17, 15) is 4.79 Å². The Hall–Kier alpha value is -3.42. The highest BCUT2D eigenvalue weighted by atomic mass is 16.5. The van der Waals surface area contributed by atoms with Crippen LogP contribution >= 0.6 is 0 Å². The molecule has 0 spiro atoms. The number of benzene rings is 1. The largest absolute Gasteiger partial charge is 0.495 e. The van der Waals surface area contributed by atoms with Crippen molar-refractivity contribution >= 4 is 11.7 Å². The van der Waals surface area contributed by atoms with E-state index in [0.717, 1.165) is 30.8 Å². The smallest absolute Gasteiger partial charge is 0.256 e. The molecule has 1 N–H and O–H groups in total. The summed E-state index contributed by atoms with van der Waals surface area (Å²) in [6, 6.07) is 9.63. The maximum atomic E-state index is 13.7. The molecule has 1 unspecified atom stereocenters. The van der Waals surface area contributed by atoms with Gasteiger partial charge >= 0.3 is 0 Å². The van der Waals surface area contributed by atoms with Crippen LogP contribution in [0.4, 0.5) is 5.82 Å². The molecule has 1 amide bonds. The summed E-state index contributed by atoms with van der Waals surface area (Å²) in [6.07, 6.45) is 7.00. The molecule has 0 saturated carbocycles. The zero-order valence-electron chi connectivity index (χ0n) is 18.2. The number of likely N-dealkylation sites (tertiary alicyclic amines) is 1. The Balaban J connectivity index is 1.57. The van der Waals surface area contributed by atoms with Crippen LogP contribution in [0.5, 0.6) is 5.75 Å². The number of carbonyl (C=O) groups excluding carboxylic acids is 1. The van der Waals surface area contributed by atoms with Crippen molar-refractivity contribution in [2.75, 3.05) is 25.5 Å². The van der Waals surface area contributed by atoms with Gasteiger partial charge in [0.1, 0.15) is 11.6 Å². The molecule has 3 heterocycles. The first-order chi connectivity index (χ1) is 15.1. The number of hydrogen-bond acceptors (Lipinski definition) is 6. The van der Waals surface area contributed by atoms with Crippen LogP contribution in [0.1, 0.15) is 35.7 Å². The van der Waals surface area contributed by atoms with Gasteiger partial charge in [0.15, 0.2) is 0 Å². The third-order valence-corrected chi connectivity index (χ3v) is 5.86. The lowest BCUT2D eigenvalue weighted by atomic mass is 9.89. The van der Waals surface area contributed by atoms with Crippen LogP contribution in [0.15, 0.2) is 48.9 Å². The van der Waals surface area contributed by atoms with E-state index >= 15 is 0 Å². The number of ether oxygens (including phenoxy) is 1. The minimum absolute atomic E-state index is 0.0111. The molecule has 1 aromatic carbocycles. The highest BCUT2D eigenvalue weighted by Crippen LogP contribution is 2.27. The van der Waals surface area contributed by atoms with E-state index in [4.69, 9.17) is 4.74 Å². The summed E-state index contributed by atoms with van der Waals surface area (Å²) in [6.45, 7) is 5.56. The van der Waals surface area contributed by atoms with Gasteiger partial charge in [-0.1, -0.05) is 18.6 Å². The van der Waals surface area contributed by atoms with E-state index in [-0.39, 0.29) is 11.9 Å². The van der Waals surface area contributed by atoms with Crippen LogP contribution in [0, 0.1) is 12.8 Å². The second-order valence-electron chi connectivity index (χ2n) is 7.99. The van der Waals surface area contributed by atoms with Crippen LogP contribution in [0.25, 0.3) is 5.69 Å². The number of pyridine rings is 1. The molecule has 0 aliphatic carbocycles. The lowest BCUT2D eigenvalue weighted by Gasteiger charge is -2.40. The van der Waals surface area contributed by atoms with Gasteiger partial charge in [-0.3, -0.25) is 4.79 Å². The average Bonchev–Trinajstić information content (AvgIpc) is 3.32. The Morgan fingerprint density at radius 3 is 2.74 bits per heavy atom. The van der Waals surface area contributed by atoms with E-state index in [2.05, 4.69) is 27.4 Å². The third-order valence-electron chi connectivity index (χ3n) is 5.86. The minimum Gasteiger partial charge on any atom is -0.495 e. The second-order valence-corrected chi connectivity index (χ2v) is 7.99. The second kappa shape index (κ2) is 9.16. The topological polar surface area (TPSA) is 85.2 Å². The number of hydrogen-bond donors (Lipinski definition) is 1. The van der Waals surface area contributed by atoms with Gasteiger partial charge in [-0.15, -0.1) is 0 Å². The van der Waals surface area contributed by atoms with Crippen LogP contribution in [-0.2, 0) is 0 Å². The van der Waals surface area contributed by atoms with E-state index in [1.807, 2.05) is 42.2 Å². The van der Waals surface area contributed by atoms with E-state index in [1.54, 1.807) is 25.7 Å². The molecule has 8 nitrogen and oxygen atoms in total. The summed E-state index contributed by atoms with van der Waals surface area (Å²) in [5, 5.41) is 11.9. The van der Waals surface area contributed by atoms with Crippen LogP contribution in [-0.4, -0.2) is 57.0 Å². The standard InChI is InChI=1S/C23H28N6O2/c1-16-6-8-20(29-26-10-11-27-29)19(13-16)23(30)28-12-4-5-17(2)21(28)15-25-22-9-7-18(31-3)14-24-22/h6-11,13-14,17,21H,4-5,12,15H2,1-3H3,(H,24,25)/t17-,21?/m1/s1. The molecule has 3 aromatic rings. The van der Waals surface area contributed by atoms with Crippen LogP contribution in [0.3, 0.4) is 0 Å². The Morgan fingerprint density at radius 2 is 2.03 bits per heavy atom. The first kappa shape index (κ1) is 20.8. The number of aryl methyl sites for hydroxylation is 1. The molecule has 1 aliphatic rings. The fraction of sp³-hybridized carbons (Fsp3) is 0.391. The van der Waals surface area contributed by atoms with Crippen molar-refractivity contribution in [3.63, 3.8) is 0 Å². The van der Waals surface area contributed by atoms with Gasteiger partial charge in [-0.05, 0) is 49.9 Å². The van der Waals surface area contributed by atoms with Gasteiger partial charge < -0.3 is 15.0 Å². The lowest BCUT2D eigenvalue weighted by Crippen LogP contribution is -2.51. The molecule has 2 aromatic heterocycles. The molecule has 8 heteroatoms. The number of methoxy groups -OCH3 is 1. The predicted octanol–water partition coefficient (Wildman–Crippen LogP) is 3.33. The van der Waals surface area contributed by atoms with Crippen LogP contribution in [0.2, 0.25) is 0 Å². The Labute approximate surface area is 182 Å². The SMILES string of the molecule is COc1ccc(NCC2[C@H](C)CCCN2C(=O)c2cc(C)ccc2-n2nccn2)nc1. The third kappa shape index (κ3) is 4.52. The van der Waals surface area contributed by atoms with Crippen molar-refractivity contribution in [3.05, 3.63) is 60.0 Å². The molecule has 1 fully saturated rings. The number of nitrogens with zero attached hydrogens (tertiary/aromatic N) is 5. The summed E-state index contributed by atoms with van der Waals surface area (Å²) in [5.74, 6) is 1.87. The molecule has 2 atom stereocenters. The Kier molecular flexibility index (Phi) is 6.16. The molecule has 4 rings (SSSR count). The van der Waals surface area contributed by atoms with E-state index in [1.165, 1.54) is 4.80 Å². The number of aromatic nitrogens is 4. The van der Waals surface area contributed by atoms with Gasteiger partial charge in [0.2, 0.25) is 0 Å². The minimum atomic E-state index is 0.0111. The fourth-order valence-corrected chi connectivity index (χ4v) is 4.12. The molecular weight excluding hydrogens is 392 g/mol. The number of carbonyl (C=O) groups is 1. The molecule has 1 saturated heterocycles. The summed E-state index contributed by atoms with van der Waals surface area (Å²) in [4.78, 5) is 21.6. The van der Waals surface area contributed by atoms with Crippen molar-refractivity contribution in [2.24, 2.45) is 5.92 Å². The Bertz CT molecular complexity index is 1020. The molecule has 162 valence electrons. The van der Waals surface area contributed by atoms with Gasteiger partial charge in [0, 0.05) is 13.1 Å². The first-order valence-corrected chi connectivity index (χ1v) is 10.6. The molecule has 31 heavy (non-hydrogen) atoms. The number of amides is 1. The number of nitrogens with one attached hydrogen (secondary N) is 1. The van der Waals surface area contributed by atoms with E-state index in [0.29, 0.717) is 29.5 Å². The summed E-state index contributed by atoms with van der Waals surface area (Å²) in [7, 11) is 1.62. The maximum absolute atomic E-state index is 13.7. The zero-order valence-corrected chi connectivity index (χ0v) is 18.2. The summed E-state index contributed by atoms with van der Waals surface area (Å²) in [5.41, 5.74) is 2.35. The number of rotatable bonds is 6. The van der Waals surface area contributed by atoms with Crippen molar-refractivity contribution in [2.45, 2.75) is 32.7 Å². The monoisotopic (exact) mass is 420 g/mol.